The van der Waals surface area contributed by atoms with Crippen LogP contribution in [0.2, 0.25) is 0 Å². The third-order valence-electron chi connectivity index (χ3n) is 5.91. The average Bonchev–Trinajstić information content (AvgIpc) is 2.95. The van der Waals surface area contributed by atoms with Gasteiger partial charge in [0.05, 0.1) is 0 Å². The summed E-state index contributed by atoms with van der Waals surface area (Å²) in [4.78, 5) is 39.6. The third kappa shape index (κ3) is 4.56. The Morgan fingerprint density at radius 3 is 2.37 bits per heavy atom. The first-order valence-electron chi connectivity index (χ1n) is 9.62. The van der Waals surface area contributed by atoms with E-state index in [1.807, 2.05) is 4.90 Å². The zero-order valence-electron chi connectivity index (χ0n) is 15.8. The molecule has 2 heterocycles. The van der Waals surface area contributed by atoms with Crippen LogP contribution in [0.15, 0.2) is 0 Å². The van der Waals surface area contributed by atoms with E-state index >= 15 is 0 Å². The van der Waals surface area contributed by atoms with E-state index in [0.717, 1.165) is 0 Å². The van der Waals surface area contributed by atoms with Gasteiger partial charge >= 0.3 is 0 Å². The van der Waals surface area contributed by atoms with E-state index < -0.39 is 12.0 Å². The minimum atomic E-state index is -2.63. The van der Waals surface area contributed by atoms with Gasteiger partial charge in [-0.1, -0.05) is 0 Å². The number of hydrogen-bond donors (Lipinski definition) is 2. The highest BCUT2D eigenvalue weighted by atomic mass is 19.3. The maximum Gasteiger partial charge on any atom is 0.248 e. The fourth-order valence-corrected chi connectivity index (χ4v) is 4.66. The van der Waals surface area contributed by atoms with Crippen LogP contribution >= 0.6 is 0 Å². The van der Waals surface area contributed by atoms with E-state index in [1.54, 1.807) is 4.90 Å². The fraction of sp³-hybridized carbons (Fsp3) is 0.833. The lowest BCUT2D eigenvalue weighted by molar-refractivity contribution is -0.147. The van der Waals surface area contributed by atoms with Gasteiger partial charge < -0.3 is 15.5 Å². The van der Waals surface area contributed by atoms with E-state index in [2.05, 4.69) is 10.6 Å². The third-order valence-corrected chi connectivity index (χ3v) is 5.91. The lowest BCUT2D eigenvalue weighted by atomic mass is 9.89. The molecule has 152 valence electrons. The number of fused-ring (bicyclic) bond motifs is 1. The first-order chi connectivity index (χ1) is 12.7. The van der Waals surface area contributed by atoms with Gasteiger partial charge in [0.2, 0.25) is 23.6 Å². The number of rotatable bonds is 4. The molecule has 2 aliphatic heterocycles. The van der Waals surface area contributed by atoms with Crippen molar-refractivity contribution in [3.63, 3.8) is 0 Å². The molecule has 7 nitrogen and oxygen atoms in total. The molecular weight excluding hydrogens is 358 g/mol. The van der Waals surface area contributed by atoms with Gasteiger partial charge in [-0.2, -0.15) is 0 Å². The fourth-order valence-electron chi connectivity index (χ4n) is 4.66. The van der Waals surface area contributed by atoms with Crippen molar-refractivity contribution >= 4 is 17.7 Å². The summed E-state index contributed by atoms with van der Waals surface area (Å²) in [5.41, 5.74) is 0. The molecule has 2 N–H and O–H groups in total. The van der Waals surface area contributed by atoms with Crippen molar-refractivity contribution in [3.8, 4) is 0 Å². The highest BCUT2D eigenvalue weighted by Gasteiger charge is 2.48. The molecule has 3 atom stereocenters. The zero-order valence-corrected chi connectivity index (χ0v) is 15.8. The summed E-state index contributed by atoms with van der Waals surface area (Å²) in [6.45, 7) is 4.06. The van der Waals surface area contributed by atoms with Gasteiger partial charge in [-0.15, -0.1) is 0 Å². The molecule has 0 spiro atoms. The maximum absolute atomic E-state index is 13.6. The molecule has 3 aliphatic rings. The smallest absolute Gasteiger partial charge is 0.248 e. The van der Waals surface area contributed by atoms with Crippen LogP contribution in [-0.2, 0) is 14.4 Å². The molecule has 1 saturated carbocycles. The summed E-state index contributed by atoms with van der Waals surface area (Å²) < 4.78 is 27.1. The molecule has 27 heavy (non-hydrogen) atoms. The Balaban J connectivity index is 1.75. The van der Waals surface area contributed by atoms with E-state index in [9.17, 15) is 23.2 Å². The van der Waals surface area contributed by atoms with Gasteiger partial charge in [-0.3, -0.25) is 19.3 Å². The van der Waals surface area contributed by atoms with Crippen molar-refractivity contribution in [2.45, 2.75) is 76.0 Å². The quantitative estimate of drug-likeness (QED) is 0.737. The van der Waals surface area contributed by atoms with Crippen LogP contribution in [0.4, 0.5) is 8.78 Å². The van der Waals surface area contributed by atoms with E-state index in [0.29, 0.717) is 32.4 Å². The molecule has 0 aromatic rings. The SMILES string of the molecule is CC(=O)NC[C@H]1C(=O)N2C[C@@H](NC(C)=O)C[C@H]2CN1C1CCC(F)(F)CC1. The van der Waals surface area contributed by atoms with E-state index in [4.69, 9.17) is 0 Å². The summed E-state index contributed by atoms with van der Waals surface area (Å²) in [6.07, 6.45) is 1.02. The summed E-state index contributed by atoms with van der Waals surface area (Å²) >= 11 is 0. The number of carbonyl (C=O) groups excluding carboxylic acids is 3. The number of piperazine rings is 1. The second-order valence-electron chi connectivity index (χ2n) is 8.01. The van der Waals surface area contributed by atoms with Crippen molar-refractivity contribution in [2.24, 2.45) is 0 Å². The molecule has 0 aromatic heterocycles. The summed E-state index contributed by atoms with van der Waals surface area (Å²) in [7, 11) is 0. The maximum atomic E-state index is 13.6. The molecular formula is C18H28F2N4O3. The Labute approximate surface area is 157 Å². The standard InChI is InChI=1S/C18H28F2N4O3/c1-11(25)21-8-16-17(27)24-9-13(22-12(2)26)7-15(24)10-23(16)14-3-5-18(19,20)6-4-14/h13-16H,3-10H2,1-2H3,(H,21,25)(H,22,26)/t13-,15-,16-/m0/s1. The van der Waals surface area contributed by atoms with Crippen LogP contribution in [0, 0.1) is 0 Å². The lowest BCUT2D eigenvalue weighted by Gasteiger charge is -2.47. The van der Waals surface area contributed by atoms with Gasteiger partial charge in [-0.25, -0.2) is 8.78 Å². The van der Waals surface area contributed by atoms with Gasteiger partial charge in [-0.05, 0) is 19.3 Å². The molecule has 3 amide bonds. The second-order valence-corrected chi connectivity index (χ2v) is 8.01. The normalized spacial score (nSPS) is 31.5. The number of nitrogens with zero attached hydrogens (tertiary/aromatic N) is 2. The van der Waals surface area contributed by atoms with Gasteiger partial charge in [0.1, 0.15) is 6.04 Å². The Morgan fingerprint density at radius 2 is 1.78 bits per heavy atom. The highest BCUT2D eigenvalue weighted by Crippen LogP contribution is 2.37. The van der Waals surface area contributed by atoms with Gasteiger partial charge in [0.15, 0.2) is 0 Å². The Hall–Kier alpha value is -1.77. The molecule has 0 radical (unpaired) electrons. The highest BCUT2D eigenvalue weighted by molar-refractivity contribution is 5.85. The van der Waals surface area contributed by atoms with E-state index in [1.165, 1.54) is 13.8 Å². The number of carbonyl (C=O) groups is 3. The van der Waals surface area contributed by atoms with Crippen molar-refractivity contribution < 1.29 is 23.2 Å². The van der Waals surface area contributed by atoms with E-state index in [-0.39, 0.29) is 55.2 Å². The van der Waals surface area contributed by atoms with Crippen molar-refractivity contribution in [1.29, 1.82) is 0 Å². The Morgan fingerprint density at radius 1 is 1.11 bits per heavy atom. The predicted octanol–water partition coefficient (Wildman–Crippen LogP) is 0.490. The molecule has 3 rings (SSSR count). The van der Waals surface area contributed by atoms with Crippen LogP contribution in [-0.4, -0.2) is 77.2 Å². The summed E-state index contributed by atoms with van der Waals surface area (Å²) in [5.74, 6) is -3.07. The van der Waals surface area contributed by atoms with Crippen LogP contribution in [0.25, 0.3) is 0 Å². The number of hydrogen-bond acceptors (Lipinski definition) is 4. The number of nitrogens with one attached hydrogen (secondary N) is 2. The first kappa shape index (κ1) is 20.0. The first-order valence-corrected chi connectivity index (χ1v) is 9.62. The summed E-state index contributed by atoms with van der Waals surface area (Å²) in [6, 6.07) is -0.758. The monoisotopic (exact) mass is 386 g/mol. The molecule has 0 aromatic carbocycles. The zero-order chi connectivity index (χ0) is 19.8. The largest absolute Gasteiger partial charge is 0.354 e. The van der Waals surface area contributed by atoms with Gasteiger partial charge in [0, 0.05) is 64.4 Å². The Kier molecular flexibility index (Phi) is 5.69. The van der Waals surface area contributed by atoms with Crippen LogP contribution in [0.3, 0.4) is 0 Å². The Bertz CT molecular complexity index is 605. The minimum absolute atomic E-state index is 0.0367. The number of alkyl halides is 2. The lowest BCUT2D eigenvalue weighted by Crippen LogP contribution is -2.65. The van der Waals surface area contributed by atoms with Crippen molar-refractivity contribution in [1.82, 2.24) is 20.4 Å². The molecule has 1 aliphatic carbocycles. The summed E-state index contributed by atoms with van der Waals surface area (Å²) in [5, 5.41) is 5.58. The molecule has 9 heteroatoms. The molecule has 3 fully saturated rings. The van der Waals surface area contributed by atoms with Crippen molar-refractivity contribution in [2.75, 3.05) is 19.6 Å². The average molecular weight is 386 g/mol. The molecule has 0 unspecified atom stereocenters. The van der Waals surface area contributed by atoms with Gasteiger partial charge in [0.25, 0.3) is 0 Å². The number of amides is 3. The predicted molar refractivity (Wildman–Crippen MR) is 94.1 cm³/mol. The van der Waals surface area contributed by atoms with Crippen LogP contribution < -0.4 is 10.6 Å². The number of halogens is 2. The van der Waals surface area contributed by atoms with Crippen LogP contribution in [0.5, 0.6) is 0 Å². The molecule has 2 saturated heterocycles. The van der Waals surface area contributed by atoms with Crippen molar-refractivity contribution in [3.05, 3.63) is 0 Å². The topological polar surface area (TPSA) is 81.8 Å². The van der Waals surface area contributed by atoms with Crippen LogP contribution in [0.1, 0.15) is 46.0 Å². The second kappa shape index (κ2) is 7.69. The minimum Gasteiger partial charge on any atom is -0.354 e. The molecule has 0 bridgehead atoms.